The number of hydrogen-bond acceptors (Lipinski definition) is 4. The molecule has 2 rings (SSSR count). The summed E-state index contributed by atoms with van der Waals surface area (Å²) in [6.45, 7) is 2.11. The molecule has 0 fully saturated rings. The highest BCUT2D eigenvalue weighted by Crippen LogP contribution is 2.20. The van der Waals surface area contributed by atoms with E-state index in [1.165, 1.54) is 0 Å². The van der Waals surface area contributed by atoms with Crippen molar-refractivity contribution < 1.29 is 9.15 Å². The van der Waals surface area contributed by atoms with Gasteiger partial charge in [0, 0.05) is 18.8 Å². The number of rotatable bonds is 6. The normalized spacial score (nSPS) is 10.3. The largest absolute Gasteiger partial charge is 0.497 e. The van der Waals surface area contributed by atoms with E-state index in [4.69, 9.17) is 14.9 Å². The summed E-state index contributed by atoms with van der Waals surface area (Å²) in [6.07, 6.45) is 1.68. The molecule has 4 nitrogen and oxygen atoms in total. The Morgan fingerprint density at radius 1 is 1.22 bits per heavy atom. The second-order valence-corrected chi connectivity index (χ2v) is 3.99. The van der Waals surface area contributed by atoms with E-state index in [0.717, 1.165) is 30.3 Å². The molecule has 1 aromatic heterocycles. The Hall–Kier alpha value is -1.94. The van der Waals surface area contributed by atoms with Crippen LogP contribution in [-0.4, -0.2) is 20.2 Å². The average molecular weight is 246 g/mol. The Bertz CT molecular complexity index is 451. The number of nitrogens with zero attached hydrogens (tertiary/aromatic N) is 1. The van der Waals surface area contributed by atoms with E-state index in [2.05, 4.69) is 4.90 Å². The molecule has 0 atom stereocenters. The zero-order valence-corrected chi connectivity index (χ0v) is 10.5. The first kappa shape index (κ1) is 12.5. The molecule has 18 heavy (non-hydrogen) atoms. The lowest BCUT2D eigenvalue weighted by Crippen LogP contribution is -2.28. The van der Waals surface area contributed by atoms with Crippen molar-refractivity contribution in [1.29, 1.82) is 0 Å². The molecule has 0 radical (unpaired) electrons. The summed E-state index contributed by atoms with van der Waals surface area (Å²) in [6, 6.07) is 11.8. The van der Waals surface area contributed by atoms with Crippen LogP contribution in [0.4, 0.5) is 5.69 Å². The van der Waals surface area contributed by atoms with Crippen molar-refractivity contribution >= 4 is 5.69 Å². The molecule has 2 N–H and O–H groups in total. The molecule has 0 saturated heterocycles. The molecule has 1 heterocycles. The summed E-state index contributed by atoms with van der Waals surface area (Å²) >= 11 is 0. The highest BCUT2D eigenvalue weighted by molar-refractivity contribution is 5.49. The minimum atomic E-state index is 0.604. The predicted octanol–water partition coefficient (Wildman–Crippen LogP) is 2.25. The van der Waals surface area contributed by atoms with Gasteiger partial charge in [0.1, 0.15) is 11.5 Å². The van der Waals surface area contributed by atoms with Crippen LogP contribution in [0.25, 0.3) is 0 Å². The average Bonchev–Trinajstić information content (AvgIpc) is 2.91. The molecular formula is C14H18N2O2. The first-order valence-electron chi connectivity index (χ1n) is 5.95. The highest BCUT2D eigenvalue weighted by Gasteiger charge is 2.08. The number of benzene rings is 1. The molecule has 0 saturated carbocycles. The van der Waals surface area contributed by atoms with E-state index in [9.17, 15) is 0 Å². The van der Waals surface area contributed by atoms with E-state index in [-0.39, 0.29) is 0 Å². The lowest BCUT2D eigenvalue weighted by atomic mass is 10.2. The van der Waals surface area contributed by atoms with E-state index in [1.54, 1.807) is 13.4 Å². The number of furan rings is 1. The third-order valence-corrected chi connectivity index (χ3v) is 2.76. The summed E-state index contributed by atoms with van der Waals surface area (Å²) in [7, 11) is 1.66. The SMILES string of the molecule is COc1ccc(N(CCN)Cc2ccco2)cc1. The van der Waals surface area contributed by atoms with Gasteiger partial charge in [-0.05, 0) is 36.4 Å². The summed E-state index contributed by atoms with van der Waals surface area (Å²) in [5, 5.41) is 0. The predicted molar refractivity (Wildman–Crippen MR) is 71.8 cm³/mol. The minimum Gasteiger partial charge on any atom is -0.497 e. The molecule has 0 amide bonds. The standard InChI is InChI=1S/C14H18N2O2/c1-17-13-6-4-12(5-7-13)16(9-8-15)11-14-3-2-10-18-14/h2-7,10H,8-9,11,15H2,1H3. The molecule has 0 aliphatic carbocycles. The molecule has 0 spiro atoms. The van der Waals surface area contributed by atoms with Crippen LogP contribution in [0.5, 0.6) is 5.75 Å². The zero-order valence-electron chi connectivity index (χ0n) is 10.5. The van der Waals surface area contributed by atoms with Gasteiger partial charge in [-0.1, -0.05) is 0 Å². The van der Waals surface area contributed by atoms with Gasteiger partial charge in [-0.3, -0.25) is 0 Å². The molecule has 0 aliphatic heterocycles. The number of hydrogen-bond donors (Lipinski definition) is 1. The Labute approximate surface area is 107 Å². The van der Waals surface area contributed by atoms with Gasteiger partial charge in [-0.15, -0.1) is 0 Å². The fraction of sp³-hybridized carbons (Fsp3) is 0.286. The first-order chi connectivity index (χ1) is 8.83. The van der Waals surface area contributed by atoms with Crippen LogP contribution < -0.4 is 15.4 Å². The Morgan fingerprint density at radius 2 is 2.00 bits per heavy atom. The van der Waals surface area contributed by atoms with Gasteiger partial charge in [0.05, 0.1) is 19.9 Å². The van der Waals surface area contributed by atoms with E-state index in [1.807, 2.05) is 36.4 Å². The highest BCUT2D eigenvalue weighted by atomic mass is 16.5. The first-order valence-corrected chi connectivity index (χ1v) is 5.95. The number of nitrogens with two attached hydrogens (primary N) is 1. The van der Waals surface area contributed by atoms with Gasteiger partial charge in [0.25, 0.3) is 0 Å². The summed E-state index contributed by atoms with van der Waals surface area (Å²) < 4.78 is 10.5. The molecular weight excluding hydrogens is 228 g/mol. The van der Waals surface area contributed by atoms with Gasteiger partial charge >= 0.3 is 0 Å². The van der Waals surface area contributed by atoms with Crippen LogP contribution in [0.3, 0.4) is 0 Å². The van der Waals surface area contributed by atoms with Crippen molar-refractivity contribution in [3.05, 3.63) is 48.4 Å². The van der Waals surface area contributed by atoms with Crippen molar-refractivity contribution in [3.63, 3.8) is 0 Å². The Morgan fingerprint density at radius 3 is 2.56 bits per heavy atom. The quantitative estimate of drug-likeness (QED) is 0.849. The second-order valence-electron chi connectivity index (χ2n) is 3.99. The Kier molecular flexibility index (Phi) is 4.25. The lowest BCUT2D eigenvalue weighted by molar-refractivity contribution is 0.415. The maximum absolute atomic E-state index is 5.65. The lowest BCUT2D eigenvalue weighted by Gasteiger charge is -2.23. The molecule has 0 bridgehead atoms. The minimum absolute atomic E-state index is 0.604. The second kappa shape index (κ2) is 6.12. The molecule has 2 aromatic rings. The summed E-state index contributed by atoms with van der Waals surface area (Å²) in [5.41, 5.74) is 6.76. The third kappa shape index (κ3) is 3.05. The number of methoxy groups -OCH3 is 1. The monoisotopic (exact) mass is 246 g/mol. The van der Waals surface area contributed by atoms with Crippen molar-refractivity contribution in [2.45, 2.75) is 6.54 Å². The molecule has 0 unspecified atom stereocenters. The van der Waals surface area contributed by atoms with Gasteiger partial charge < -0.3 is 19.8 Å². The van der Waals surface area contributed by atoms with Gasteiger partial charge in [0.2, 0.25) is 0 Å². The van der Waals surface area contributed by atoms with Gasteiger partial charge in [0.15, 0.2) is 0 Å². The summed E-state index contributed by atoms with van der Waals surface area (Å²) in [4.78, 5) is 2.18. The number of ether oxygens (including phenoxy) is 1. The maximum Gasteiger partial charge on any atom is 0.123 e. The van der Waals surface area contributed by atoms with E-state index >= 15 is 0 Å². The fourth-order valence-corrected chi connectivity index (χ4v) is 1.84. The summed E-state index contributed by atoms with van der Waals surface area (Å²) in [5.74, 6) is 1.78. The van der Waals surface area contributed by atoms with Gasteiger partial charge in [-0.2, -0.15) is 0 Å². The number of anilines is 1. The molecule has 96 valence electrons. The molecule has 4 heteroatoms. The van der Waals surface area contributed by atoms with E-state index in [0.29, 0.717) is 6.54 Å². The third-order valence-electron chi connectivity index (χ3n) is 2.76. The fourth-order valence-electron chi connectivity index (χ4n) is 1.84. The van der Waals surface area contributed by atoms with Crippen LogP contribution in [0, 0.1) is 0 Å². The van der Waals surface area contributed by atoms with Crippen molar-refractivity contribution in [3.8, 4) is 5.75 Å². The van der Waals surface area contributed by atoms with Crippen LogP contribution in [0.15, 0.2) is 47.1 Å². The molecule has 0 aliphatic rings. The van der Waals surface area contributed by atoms with Gasteiger partial charge in [-0.25, -0.2) is 0 Å². The van der Waals surface area contributed by atoms with Crippen LogP contribution >= 0.6 is 0 Å². The van der Waals surface area contributed by atoms with E-state index < -0.39 is 0 Å². The zero-order chi connectivity index (χ0) is 12.8. The van der Waals surface area contributed by atoms with Crippen molar-refractivity contribution in [2.24, 2.45) is 5.73 Å². The maximum atomic E-state index is 5.65. The van der Waals surface area contributed by atoms with Crippen molar-refractivity contribution in [2.75, 3.05) is 25.1 Å². The van der Waals surface area contributed by atoms with Crippen molar-refractivity contribution in [1.82, 2.24) is 0 Å². The Balaban J connectivity index is 2.12. The van der Waals surface area contributed by atoms with Crippen LogP contribution in [-0.2, 0) is 6.54 Å². The topological polar surface area (TPSA) is 51.6 Å². The van der Waals surface area contributed by atoms with Crippen LogP contribution in [0.1, 0.15) is 5.76 Å². The smallest absolute Gasteiger partial charge is 0.123 e. The van der Waals surface area contributed by atoms with Crippen LogP contribution in [0.2, 0.25) is 0 Å². The molecule has 1 aromatic carbocycles.